The van der Waals surface area contributed by atoms with Gasteiger partial charge >= 0.3 is 5.97 Å². The van der Waals surface area contributed by atoms with Gasteiger partial charge in [0.2, 0.25) is 10.0 Å². The topological polar surface area (TPSA) is 99.5 Å². The van der Waals surface area contributed by atoms with Gasteiger partial charge in [-0.05, 0) is 24.3 Å². The van der Waals surface area contributed by atoms with Crippen molar-refractivity contribution in [3.63, 3.8) is 0 Å². The molecule has 8 heteroatoms. The number of piperazine rings is 1. The summed E-state index contributed by atoms with van der Waals surface area (Å²) >= 11 is 0. The predicted molar refractivity (Wildman–Crippen MR) is 73.9 cm³/mol. The molecule has 0 saturated carbocycles. The third kappa shape index (κ3) is 3.05. The summed E-state index contributed by atoms with van der Waals surface area (Å²) in [4.78, 5) is 11.4. The van der Waals surface area contributed by atoms with Crippen molar-refractivity contribution in [2.75, 3.05) is 26.7 Å². The Bertz CT molecular complexity index is 664. The van der Waals surface area contributed by atoms with E-state index in [1.54, 1.807) is 0 Å². The van der Waals surface area contributed by atoms with Crippen LogP contribution in [-0.2, 0) is 14.8 Å². The van der Waals surface area contributed by atoms with Gasteiger partial charge < -0.3 is 10.1 Å². The van der Waals surface area contributed by atoms with Crippen LogP contribution in [0.1, 0.15) is 10.4 Å². The Morgan fingerprint density at radius 1 is 1.43 bits per heavy atom. The lowest BCUT2D eigenvalue weighted by molar-refractivity contribution is 0.0600. The quantitative estimate of drug-likeness (QED) is 0.787. The van der Waals surface area contributed by atoms with Crippen LogP contribution in [0.2, 0.25) is 0 Å². The molecular weight excluding hydrogens is 294 g/mol. The van der Waals surface area contributed by atoms with Crippen molar-refractivity contribution < 1.29 is 17.9 Å². The molecule has 21 heavy (non-hydrogen) atoms. The van der Waals surface area contributed by atoms with Crippen LogP contribution in [0.5, 0.6) is 0 Å². The van der Waals surface area contributed by atoms with Gasteiger partial charge in [0.1, 0.15) is 6.04 Å². The molecule has 1 N–H and O–H groups in total. The Morgan fingerprint density at radius 3 is 2.67 bits per heavy atom. The molecule has 1 aromatic carbocycles. The van der Waals surface area contributed by atoms with Gasteiger partial charge in [-0.15, -0.1) is 0 Å². The Morgan fingerprint density at radius 2 is 2.10 bits per heavy atom. The van der Waals surface area contributed by atoms with E-state index in [1.807, 2.05) is 6.07 Å². The van der Waals surface area contributed by atoms with Crippen LogP contribution in [0.25, 0.3) is 0 Å². The van der Waals surface area contributed by atoms with Crippen molar-refractivity contribution in [3.05, 3.63) is 29.8 Å². The van der Waals surface area contributed by atoms with Crippen LogP contribution >= 0.6 is 0 Å². The van der Waals surface area contributed by atoms with Crippen molar-refractivity contribution >= 4 is 16.0 Å². The normalized spacial score (nSPS) is 19.7. The number of hydrogen-bond acceptors (Lipinski definition) is 6. The zero-order valence-corrected chi connectivity index (χ0v) is 12.3. The largest absolute Gasteiger partial charge is 0.465 e. The van der Waals surface area contributed by atoms with Crippen LogP contribution < -0.4 is 5.32 Å². The van der Waals surface area contributed by atoms with E-state index in [0.29, 0.717) is 13.1 Å². The summed E-state index contributed by atoms with van der Waals surface area (Å²) in [6.07, 6.45) is 0. The maximum atomic E-state index is 12.5. The van der Waals surface area contributed by atoms with E-state index in [4.69, 9.17) is 5.26 Å². The van der Waals surface area contributed by atoms with Gasteiger partial charge in [0, 0.05) is 19.6 Å². The number of ether oxygens (including phenoxy) is 1. The van der Waals surface area contributed by atoms with Crippen molar-refractivity contribution in [1.82, 2.24) is 9.62 Å². The average molecular weight is 309 g/mol. The molecule has 1 heterocycles. The lowest BCUT2D eigenvalue weighted by Crippen LogP contribution is -2.52. The summed E-state index contributed by atoms with van der Waals surface area (Å²) in [6, 6.07) is 6.72. The standard InChI is InChI=1S/C13H15N3O4S/c1-20-13(17)10-2-4-12(5-3-10)21(18,19)16-7-6-15-9-11(16)8-14/h2-5,11,15H,6-7,9H2,1H3. The molecule has 1 unspecified atom stereocenters. The second-order valence-electron chi connectivity index (χ2n) is 4.48. The van der Waals surface area contributed by atoms with Gasteiger partial charge in [0.15, 0.2) is 0 Å². The first-order chi connectivity index (χ1) is 10.0. The Hall–Kier alpha value is -1.95. The van der Waals surface area contributed by atoms with Crippen LogP contribution in [0.15, 0.2) is 29.2 Å². The first kappa shape index (κ1) is 15.4. The zero-order valence-electron chi connectivity index (χ0n) is 11.4. The van der Waals surface area contributed by atoms with E-state index in [2.05, 4.69) is 10.1 Å². The first-order valence-corrected chi connectivity index (χ1v) is 7.75. The fourth-order valence-electron chi connectivity index (χ4n) is 2.10. The molecule has 1 saturated heterocycles. The smallest absolute Gasteiger partial charge is 0.337 e. The van der Waals surface area contributed by atoms with Crippen molar-refractivity contribution in [1.29, 1.82) is 5.26 Å². The monoisotopic (exact) mass is 309 g/mol. The molecule has 1 aromatic rings. The lowest BCUT2D eigenvalue weighted by atomic mass is 10.2. The number of hydrogen-bond donors (Lipinski definition) is 1. The highest BCUT2D eigenvalue weighted by Gasteiger charge is 2.33. The van der Waals surface area contributed by atoms with Crippen molar-refractivity contribution in [2.45, 2.75) is 10.9 Å². The van der Waals surface area contributed by atoms with E-state index < -0.39 is 22.0 Å². The second-order valence-corrected chi connectivity index (χ2v) is 6.37. The highest BCUT2D eigenvalue weighted by atomic mass is 32.2. The third-order valence-corrected chi connectivity index (χ3v) is 5.15. The minimum Gasteiger partial charge on any atom is -0.465 e. The Kier molecular flexibility index (Phi) is 4.57. The number of sulfonamides is 1. The number of rotatable bonds is 3. The number of esters is 1. The van der Waals surface area contributed by atoms with Crippen molar-refractivity contribution in [3.8, 4) is 6.07 Å². The molecule has 1 fully saturated rings. The maximum Gasteiger partial charge on any atom is 0.337 e. The molecule has 0 aliphatic carbocycles. The highest BCUT2D eigenvalue weighted by molar-refractivity contribution is 7.89. The molecule has 7 nitrogen and oxygen atoms in total. The molecule has 2 rings (SSSR count). The molecule has 1 atom stereocenters. The van der Waals surface area contributed by atoms with E-state index in [1.165, 1.54) is 35.7 Å². The van der Waals surface area contributed by atoms with Gasteiger partial charge in [0.05, 0.1) is 23.6 Å². The van der Waals surface area contributed by atoms with E-state index in [0.717, 1.165) is 0 Å². The van der Waals surface area contributed by atoms with Gasteiger partial charge in [-0.1, -0.05) is 0 Å². The van der Waals surface area contributed by atoms with Gasteiger partial charge in [-0.3, -0.25) is 0 Å². The SMILES string of the molecule is COC(=O)c1ccc(S(=O)(=O)N2CCNCC2C#N)cc1. The van der Waals surface area contributed by atoms with Gasteiger partial charge in [0.25, 0.3) is 0 Å². The van der Waals surface area contributed by atoms with E-state index in [-0.39, 0.29) is 17.0 Å². The van der Waals surface area contributed by atoms with Crippen LogP contribution in [-0.4, -0.2) is 51.5 Å². The summed E-state index contributed by atoms with van der Waals surface area (Å²) in [5, 5.41) is 12.0. The molecule has 0 aromatic heterocycles. The summed E-state index contributed by atoms with van der Waals surface area (Å²) in [7, 11) is -2.50. The molecular formula is C13H15N3O4S. The Balaban J connectivity index is 2.31. The first-order valence-electron chi connectivity index (χ1n) is 6.31. The van der Waals surface area contributed by atoms with Crippen LogP contribution in [0.3, 0.4) is 0 Å². The third-order valence-electron chi connectivity index (χ3n) is 3.23. The molecule has 112 valence electrons. The second kappa shape index (κ2) is 6.22. The molecule has 0 radical (unpaired) electrons. The molecule has 0 amide bonds. The maximum absolute atomic E-state index is 12.5. The summed E-state index contributed by atoms with van der Waals surface area (Å²) < 4.78 is 30.8. The lowest BCUT2D eigenvalue weighted by Gasteiger charge is -2.30. The zero-order chi connectivity index (χ0) is 15.5. The fraction of sp³-hybridized carbons (Fsp3) is 0.385. The molecule has 1 aliphatic rings. The molecule has 1 aliphatic heterocycles. The molecule has 0 bridgehead atoms. The number of nitrogens with one attached hydrogen (secondary N) is 1. The molecule has 0 spiro atoms. The number of methoxy groups -OCH3 is 1. The van der Waals surface area contributed by atoms with Crippen LogP contribution in [0, 0.1) is 11.3 Å². The minimum absolute atomic E-state index is 0.0531. The number of benzene rings is 1. The summed E-state index contributed by atoms with van der Waals surface area (Å²) in [6.45, 7) is 1.03. The minimum atomic E-state index is -3.75. The Labute approximate surface area is 123 Å². The van der Waals surface area contributed by atoms with E-state index >= 15 is 0 Å². The predicted octanol–water partition coefficient (Wildman–Crippen LogP) is -0.0407. The number of carbonyl (C=O) groups is 1. The van der Waals surface area contributed by atoms with Gasteiger partial charge in [-0.2, -0.15) is 9.57 Å². The number of nitriles is 1. The average Bonchev–Trinajstić information content (AvgIpc) is 2.54. The summed E-state index contributed by atoms with van der Waals surface area (Å²) in [5.41, 5.74) is 0.272. The van der Waals surface area contributed by atoms with Gasteiger partial charge in [-0.25, -0.2) is 13.2 Å². The number of carbonyl (C=O) groups excluding carboxylic acids is 1. The highest BCUT2D eigenvalue weighted by Crippen LogP contribution is 2.20. The summed E-state index contributed by atoms with van der Waals surface area (Å²) in [5.74, 6) is -0.531. The van der Waals surface area contributed by atoms with Crippen LogP contribution in [0.4, 0.5) is 0 Å². The fourth-order valence-corrected chi connectivity index (χ4v) is 3.64. The number of nitrogens with zero attached hydrogens (tertiary/aromatic N) is 2. The van der Waals surface area contributed by atoms with E-state index in [9.17, 15) is 13.2 Å². The van der Waals surface area contributed by atoms with Crippen molar-refractivity contribution in [2.24, 2.45) is 0 Å².